The third-order valence-corrected chi connectivity index (χ3v) is 2.70. The standard InChI is InChI=1S/C10H8BrN5O3/c1-5-12-9(15-14-5)10(17)13-7-3-2-6(11)4-8(7)16(18)19/h2-4H,1H3,(H,13,17)(H,12,14,15). The molecule has 0 aliphatic rings. The molecule has 2 N–H and O–H groups in total. The molecule has 0 atom stereocenters. The van der Waals surface area contributed by atoms with Crippen LogP contribution < -0.4 is 5.32 Å². The number of nitro groups is 1. The summed E-state index contributed by atoms with van der Waals surface area (Å²) < 4.78 is 0.547. The number of nitrogens with zero attached hydrogens (tertiary/aromatic N) is 3. The Kier molecular flexibility index (Phi) is 3.56. The fourth-order valence-corrected chi connectivity index (χ4v) is 1.73. The van der Waals surface area contributed by atoms with Gasteiger partial charge in [0.05, 0.1) is 4.92 Å². The number of amides is 1. The van der Waals surface area contributed by atoms with Crippen molar-refractivity contribution in [3.05, 3.63) is 44.4 Å². The Hall–Kier alpha value is -2.29. The molecule has 2 rings (SSSR count). The first-order valence-corrected chi connectivity index (χ1v) is 5.91. The van der Waals surface area contributed by atoms with Gasteiger partial charge in [-0.25, -0.2) is 4.98 Å². The predicted molar refractivity (Wildman–Crippen MR) is 69.9 cm³/mol. The van der Waals surface area contributed by atoms with Crippen molar-refractivity contribution in [2.45, 2.75) is 6.92 Å². The van der Waals surface area contributed by atoms with Gasteiger partial charge in [0.25, 0.3) is 11.6 Å². The number of halogens is 1. The molecule has 0 bridgehead atoms. The van der Waals surface area contributed by atoms with E-state index < -0.39 is 10.8 Å². The van der Waals surface area contributed by atoms with Gasteiger partial charge >= 0.3 is 0 Å². The van der Waals surface area contributed by atoms with E-state index in [4.69, 9.17) is 0 Å². The first kappa shape index (κ1) is 13.1. The number of nitro benzene ring substituents is 1. The Balaban J connectivity index is 2.28. The highest BCUT2D eigenvalue weighted by Gasteiger charge is 2.19. The van der Waals surface area contributed by atoms with E-state index in [-0.39, 0.29) is 17.2 Å². The second kappa shape index (κ2) is 5.14. The molecule has 0 spiro atoms. The first-order valence-electron chi connectivity index (χ1n) is 5.11. The second-order valence-electron chi connectivity index (χ2n) is 3.62. The fourth-order valence-electron chi connectivity index (χ4n) is 1.38. The van der Waals surface area contributed by atoms with Crippen molar-refractivity contribution in [2.24, 2.45) is 0 Å². The molecule has 0 aliphatic heterocycles. The summed E-state index contributed by atoms with van der Waals surface area (Å²) in [4.78, 5) is 26.0. The van der Waals surface area contributed by atoms with Crippen LogP contribution in [0.5, 0.6) is 0 Å². The SMILES string of the molecule is Cc1nc(C(=O)Nc2ccc(Br)cc2[N+](=O)[O-])n[nH]1. The third-order valence-electron chi connectivity index (χ3n) is 2.20. The Morgan fingerprint density at radius 2 is 2.26 bits per heavy atom. The minimum atomic E-state index is -0.616. The zero-order valence-corrected chi connectivity index (χ0v) is 11.3. The van der Waals surface area contributed by atoms with Crippen LogP contribution in [0, 0.1) is 17.0 Å². The van der Waals surface area contributed by atoms with Crippen LogP contribution in [0.1, 0.15) is 16.4 Å². The zero-order chi connectivity index (χ0) is 14.0. The molecule has 98 valence electrons. The maximum absolute atomic E-state index is 11.8. The topological polar surface area (TPSA) is 114 Å². The van der Waals surface area contributed by atoms with Gasteiger partial charge in [0, 0.05) is 10.5 Å². The van der Waals surface area contributed by atoms with Crippen LogP contribution in [0.2, 0.25) is 0 Å². The number of hydrogen-bond acceptors (Lipinski definition) is 5. The molecule has 2 aromatic rings. The highest BCUT2D eigenvalue weighted by atomic mass is 79.9. The summed E-state index contributed by atoms with van der Waals surface area (Å²) in [6, 6.07) is 4.32. The summed E-state index contributed by atoms with van der Waals surface area (Å²) >= 11 is 3.13. The molecule has 0 aliphatic carbocycles. The van der Waals surface area contributed by atoms with E-state index >= 15 is 0 Å². The zero-order valence-electron chi connectivity index (χ0n) is 9.68. The van der Waals surface area contributed by atoms with Gasteiger partial charge < -0.3 is 5.32 Å². The van der Waals surface area contributed by atoms with Gasteiger partial charge in [-0.05, 0) is 19.1 Å². The Labute approximate surface area is 115 Å². The molecule has 0 radical (unpaired) electrons. The van der Waals surface area contributed by atoms with Crippen molar-refractivity contribution < 1.29 is 9.72 Å². The van der Waals surface area contributed by atoms with Gasteiger partial charge in [-0.2, -0.15) is 0 Å². The summed E-state index contributed by atoms with van der Waals surface area (Å²) in [6.45, 7) is 1.64. The number of carbonyl (C=O) groups is 1. The molecule has 0 fully saturated rings. The number of aromatic nitrogens is 3. The van der Waals surface area contributed by atoms with Crippen molar-refractivity contribution >= 4 is 33.2 Å². The van der Waals surface area contributed by atoms with Crippen molar-refractivity contribution in [2.75, 3.05) is 5.32 Å². The lowest BCUT2D eigenvalue weighted by Crippen LogP contribution is -2.14. The number of carbonyl (C=O) groups excluding carboxylic acids is 1. The summed E-state index contributed by atoms with van der Waals surface area (Å²) in [7, 11) is 0. The first-order chi connectivity index (χ1) is 8.97. The van der Waals surface area contributed by atoms with Crippen LogP contribution in [0.4, 0.5) is 11.4 Å². The molecular weight excluding hydrogens is 318 g/mol. The van der Waals surface area contributed by atoms with E-state index in [1.165, 1.54) is 12.1 Å². The Bertz CT molecular complexity index is 654. The van der Waals surface area contributed by atoms with Gasteiger partial charge in [-0.15, -0.1) is 5.10 Å². The lowest BCUT2D eigenvalue weighted by atomic mass is 10.2. The fraction of sp³-hybridized carbons (Fsp3) is 0.100. The summed E-state index contributed by atoms with van der Waals surface area (Å²) in [5.41, 5.74) is -0.129. The maximum atomic E-state index is 11.8. The minimum Gasteiger partial charge on any atom is -0.313 e. The molecule has 8 nitrogen and oxygen atoms in total. The van der Waals surface area contributed by atoms with Gasteiger partial charge in [-0.1, -0.05) is 15.9 Å². The van der Waals surface area contributed by atoms with Crippen molar-refractivity contribution in [1.82, 2.24) is 15.2 Å². The van der Waals surface area contributed by atoms with Crippen LogP contribution >= 0.6 is 15.9 Å². The highest BCUT2D eigenvalue weighted by molar-refractivity contribution is 9.10. The summed E-state index contributed by atoms with van der Waals surface area (Å²) in [5, 5.41) is 19.5. The molecule has 1 heterocycles. The van der Waals surface area contributed by atoms with Crippen molar-refractivity contribution in [3.8, 4) is 0 Å². The average Bonchev–Trinajstić information content (AvgIpc) is 2.78. The number of anilines is 1. The van der Waals surface area contributed by atoms with E-state index in [1.54, 1.807) is 13.0 Å². The van der Waals surface area contributed by atoms with Crippen LogP contribution in [0.15, 0.2) is 22.7 Å². The number of benzene rings is 1. The van der Waals surface area contributed by atoms with Gasteiger partial charge in [-0.3, -0.25) is 20.0 Å². The van der Waals surface area contributed by atoms with Crippen molar-refractivity contribution in [3.63, 3.8) is 0 Å². The van der Waals surface area contributed by atoms with E-state index in [9.17, 15) is 14.9 Å². The van der Waals surface area contributed by atoms with Crippen LogP contribution in [-0.2, 0) is 0 Å². The quantitative estimate of drug-likeness (QED) is 0.662. The Morgan fingerprint density at radius 1 is 1.53 bits per heavy atom. The summed E-state index contributed by atoms with van der Waals surface area (Å²) in [6.07, 6.45) is 0. The second-order valence-corrected chi connectivity index (χ2v) is 4.53. The van der Waals surface area contributed by atoms with E-state index in [0.29, 0.717) is 10.3 Å². The molecule has 0 saturated heterocycles. The molecule has 1 amide bonds. The van der Waals surface area contributed by atoms with Gasteiger partial charge in [0.2, 0.25) is 5.82 Å². The van der Waals surface area contributed by atoms with E-state index in [1.807, 2.05) is 0 Å². The third kappa shape index (κ3) is 2.94. The Morgan fingerprint density at radius 3 is 2.84 bits per heavy atom. The lowest BCUT2D eigenvalue weighted by Gasteiger charge is -2.04. The smallest absolute Gasteiger partial charge is 0.295 e. The normalized spacial score (nSPS) is 10.2. The van der Waals surface area contributed by atoms with Gasteiger partial charge in [0.15, 0.2) is 0 Å². The van der Waals surface area contributed by atoms with Crippen LogP contribution in [0.25, 0.3) is 0 Å². The average molecular weight is 326 g/mol. The molecule has 1 aromatic carbocycles. The molecule has 9 heteroatoms. The van der Waals surface area contributed by atoms with Crippen molar-refractivity contribution in [1.29, 1.82) is 0 Å². The summed E-state index contributed by atoms with van der Waals surface area (Å²) in [5.74, 6) is -0.208. The number of aryl methyl sites for hydroxylation is 1. The van der Waals surface area contributed by atoms with Gasteiger partial charge in [0.1, 0.15) is 11.5 Å². The molecule has 0 unspecified atom stereocenters. The number of nitrogens with one attached hydrogen (secondary N) is 2. The lowest BCUT2D eigenvalue weighted by molar-refractivity contribution is -0.384. The van der Waals surface area contributed by atoms with Crippen LogP contribution in [-0.4, -0.2) is 26.0 Å². The number of H-pyrrole nitrogens is 1. The maximum Gasteiger partial charge on any atom is 0.295 e. The number of hydrogen-bond donors (Lipinski definition) is 2. The molecule has 1 aromatic heterocycles. The van der Waals surface area contributed by atoms with E-state index in [0.717, 1.165) is 0 Å². The number of rotatable bonds is 3. The molecule has 19 heavy (non-hydrogen) atoms. The highest BCUT2D eigenvalue weighted by Crippen LogP contribution is 2.28. The van der Waals surface area contributed by atoms with Crippen LogP contribution in [0.3, 0.4) is 0 Å². The molecular formula is C10H8BrN5O3. The predicted octanol–water partition coefficient (Wildman–Crippen LogP) is 2.04. The molecule has 0 saturated carbocycles. The largest absolute Gasteiger partial charge is 0.313 e. The number of aromatic amines is 1. The minimum absolute atomic E-state index is 0.0743. The van der Waals surface area contributed by atoms with E-state index in [2.05, 4.69) is 36.4 Å². The monoisotopic (exact) mass is 325 g/mol.